The fourth-order valence-corrected chi connectivity index (χ4v) is 3.03. The summed E-state index contributed by atoms with van der Waals surface area (Å²) < 4.78 is 6.00. The molecule has 0 heterocycles. The van der Waals surface area contributed by atoms with Gasteiger partial charge in [-0.15, -0.1) is 0 Å². The topological polar surface area (TPSA) is 9.23 Å². The third-order valence-electron chi connectivity index (χ3n) is 3.92. The predicted octanol–water partition coefficient (Wildman–Crippen LogP) is 5.73. The lowest BCUT2D eigenvalue weighted by Crippen LogP contribution is -1.98. The van der Waals surface area contributed by atoms with Crippen molar-refractivity contribution in [2.75, 3.05) is 6.61 Å². The van der Waals surface area contributed by atoms with Crippen LogP contribution >= 0.6 is 0 Å². The largest absolute Gasteiger partial charge is 0.493 e. The van der Waals surface area contributed by atoms with E-state index in [2.05, 4.69) is 62.4 Å². The van der Waals surface area contributed by atoms with Gasteiger partial charge in [-0.1, -0.05) is 56.7 Å². The average molecular weight is 278 g/mol. The first-order valence-electron chi connectivity index (χ1n) is 7.91. The molecule has 0 aliphatic heterocycles. The van der Waals surface area contributed by atoms with E-state index >= 15 is 0 Å². The van der Waals surface area contributed by atoms with Crippen LogP contribution in [0.2, 0.25) is 0 Å². The SMILES string of the molecule is CCCOc1cccc2cc3ccccc3c(CCC)c12. The third-order valence-corrected chi connectivity index (χ3v) is 3.92. The van der Waals surface area contributed by atoms with Crippen molar-refractivity contribution in [2.24, 2.45) is 0 Å². The van der Waals surface area contributed by atoms with Crippen molar-refractivity contribution < 1.29 is 4.74 Å². The van der Waals surface area contributed by atoms with Gasteiger partial charge in [0.15, 0.2) is 0 Å². The summed E-state index contributed by atoms with van der Waals surface area (Å²) >= 11 is 0. The Labute approximate surface area is 126 Å². The summed E-state index contributed by atoms with van der Waals surface area (Å²) in [5.41, 5.74) is 1.43. The second-order valence-electron chi connectivity index (χ2n) is 5.53. The van der Waals surface area contributed by atoms with Crippen molar-refractivity contribution in [3.05, 3.63) is 54.1 Å². The van der Waals surface area contributed by atoms with Gasteiger partial charge in [0.1, 0.15) is 5.75 Å². The van der Waals surface area contributed by atoms with Gasteiger partial charge in [0.2, 0.25) is 0 Å². The Morgan fingerprint density at radius 2 is 1.67 bits per heavy atom. The minimum atomic E-state index is 0.775. The van der Waals surface area contributed by atoms with E-state index in [0.29, 0.717) is 0 Å². The first-order valence-corrected chi connectivity index (χ1v) is 7.91. The summed E-state index contributed by atoms with van der Waals surface area (Å²) in [7, 11) is 0. The van der Waals surface area contributed by atoms with Crippen molar-refractivity contribution in [3.8, 4) is 5.75 Å². The van der Waals surface area contributed by atoms with Crippen molar-refractivity contribution in [1.82, 2.24) is 0 Å². The van der Waals surface area contributed by atoms with Gasteiger partial charge in [0.05, 0.1) is 6.61 Å². The highest BCUT2D eigenvalue weighted by Crippen LogP contribution is 2.35. The fourth-order valence-electron chi connectivity index (χ4n) is 3.03. The van der Waals surface area contributed by atoms with E-state index in [4.69, 9.17) is 4.74 Å². The Morgan fingerprint density at radius 3 is 2.48 bits per heavy atom. The van der Waals surface area contributed by atoms with Gasteiger partial charge in [0.25, 0.3) is 0 Å². The molecule has 0 amide bonds. The maximum absolute atomic E-state index is 6.00. The highest BCUT2D eigenvalue weighted by molar-refractivity contribution is 6.04. The Morgan fingerprint density at radius 1 is 0.857 bits per heavy atom. The molecule has 0 radical (unpaired) electrons. The standard InChI is InChI=1S/C20H22O/c1-3-8-18-17-11-6-5-9-15(17)14-16-10-7-12-19(20(16)18)21-13-4-2/h5-7,9-12,14H,3-4,8,13H2,1-2H3. The normalized spacial score (nSPS) is 11.1. The second kappa shape index (κ2) is 6.17. The zero-order valence-corrected chi connectivity index (χ0v) is 12.9. The summed E-state index contributed by atoms with van der Waals surface area (Å²) in [6.07, 6.45) is 3.27. The number of rotatable bonds is 5. The molecule has 0 aliphatic carbocycles. The molecule has 3 aromatic carbocycles. The van der Waals surface area contributed by atoms with Crippen LogP contribution < -0.4 is 4.74 Å². The highest BCUT2D eigenvalue weighted by atomic mass is 16.5. The molecule has 0 saturated heterocycles. The molecule has 3 aromatic rings. The lowest BCUT2D eigenvalue weighted by Gasteiger charge is -2.15. The number of aryl methyl sites for hydroxylation is 1. The summed E-state index contributed by atoms with van der Waals surface area (Å²) in [5, 5.41) is 5.26. The number of hydrogen-bond acceptors (Lipinski definition) is 1. The van der Waals surface area contributed by atoms with Gasteiger partial charge in [-0.2, -0.15) is 0 Å². The Kier molecular flexibility index (Phi) is 4.10. The molecule has 0 atom stereocenters. The van der Waals surface area contributed by atoms with E-state index in [0.717, 1.165) is 31.6 Å². The Bertz CT molecular complexity index is 758. The first kappa shape index (κ1) is 13.9. The Hall–Kier alpha value is -2.02. The van der Waals surface area contributed by atoms with Crippen molar-refractivity contribution in [1.29, 1.82) is 0 Å². The smallest absolute Gasteiger partial charge is 0.127 e. The Balaban J connectivity index is 2.32. The van der Waals surface area contributed by atoms with Gasteiger partial charge in [-0.3, -0.25) is 0 Å². The maximum Gasteiger partial charge on any atom is 0.127 e. The monoisotopic (exact) mass is 278 g/mol. The van der Waals surface area contributed by atoms with Crippen LogP contribution in [0.5, 0.6) is 5.75 Å². The molecule has 0 bridgehead atoms. The fraction of sp³-hybridized carbons (Fsp3) is 0.300. The highest BCUT2D eigenvalue weighted by Gasteiger charge is 2.11. The van der Waals surface area contributed by atoms with Gasteiger partial charge >= 0.3 is 0 Å². The molecule has 3 rings (SSSR count). The number of hydrogen-bond donors (Lipinski definition) is 0. The zero-order valence-electron chi connectivity index (χ0n) is 12.9. The van der Waals surface area contributed by atoms with Crippen LogP contribution in [0.4, 0.5) is 0 Å². The molecular weight excluding hydrogens is 256 g/mol. The third kappa shape index (κ3) is 2.61. The maximum atomic E-state index is 6.00. The van der Waals surface area contributed by atoms with E-state index < -0.39 is 0 Å². The molecular formula is C20H22O. The van der Waals surface area contributed by atoms with Gasteiger partial charge in [-0.25, -0.2) is 0 Å². The van der Waals surface area contributed by atoms with E-state index in [1.54, 1.807) is 0 Å². The van der Waals surface area contributed by atoms with Crippen LogP contribution in [-0.4, -0.2) is 6.61 Å². The second-order valence-corrected chi connectivity index (χ2v) is 5.53. The predicted molar refractivity (Wildman–Crippen MR) is 91.2 cm³/mol. The zero-order chi connectivity index (χ0) is 14.7. The van der Waals surface area contributed by atoms with Crippen molar-refractivity contribution >= 4 is 21.5 Å². The van der Waals surface area contributed by atoms with E-state index in [-0.39, 0.29) is 0 Å². The quantitative estimate of drug-likeness (QED) is 0.541. The van der Waals surface area contributed by atoms with Crippen molar-refractivity contribution in [2.45, 2.75) is 33.1 Å². The number of benzene rings is 3. The molecule has 1 nitrogen and oxygen atoms in total. The number of fused-ring (bicyclic) bond motifs is 2. The van der Waals surface area contributed by atoms with Crippen LogP contribution in [0.3, 0.4) is 0 Å². The summed E-state index contributed by atoms with van der Waals surface area (Å²) in [5.74, 6) is 1.03. The van der Waals surface area contributed by atoms with Crippen LogP contribution in [0.25, 0.3) is 21.5 Å². The molecule has 0 spiro atoms. The minimum absolute atomic E-state index is 0.775. The molecule has 0 unspecified atom stereocenters. The molecule has 21 heavy (non-hydrogen) atoms. The van der Waals surface area contributed by atoms with Crippen LogP contribution in [0.1, 0.15) is 32.3 Å². The molecule has 0 fully saturated rings. The lowest BCUT2D eigenvalue weighted by molar-refractivity contribution is 0.321. The molecule has 108 valence electrons. The van der Waals surface area contributed by atoms with E-state index in [1.807, 2.05) is 0 Å². The molecule has 0 aliphatic rings. The lowest BCUT2D eigenvalue weighted by atomic mass is 9.93. The van der Waals surface area contributed by atoms with E-state index in [1.165, 1.54) is 27.1 Å². The van der Waals surface area contributed by atoms with Crippen LogP contribution in [0.15, 0.2) is 48.5 Å². The van der Waals surface area contributed by atoms with Crippen LogP contribution in [0, 0.1) is 0 Å². The first-order chi connectivity index (χ1) is 10.3. The van der Waals surface area contributed by atoms with Crippen LogP contribution in [-0.2, 0) is 6.42 Å². The van der Waals surface area contributed by atoms with Gasteiger partial charge in [-0.05, 0) is 46.7 Å². The minimum Gasteiger partial charge on any atom is -0.493 e. The van der Waals surface area contributed by atoms with Gasteiger partial charge in [0, 0.05) is 5.39 Å². The summed E-state index contributed by atoms with van der Waals surface area (Å²) in [4.78, 5) is 0. The average Bonchev–Trinajstić information content (AvgIpc) is 2.52. The summed E-state index contributed by atoms with van der Waals surface area (Å²) in [6, 6.07) is 17.3. The molecule has 0 aromatic heterocycles. The molecule has 1 heteroatoms. The van der Waals surface area contributed by atoms with E-state index in [9.17, 15) is 0 Å². The summed E-state index contributed by atoms with van der Waals surface area (Å²) in [6.45, 7) is 5.16. The van der Waals surface area contributed by atoms with Gasteiger partial charge < -0.3 is 4.74 Å². The van der Waals surface area contributed by atoms with Crippen molar-refractivity contribution in [3.63, 3.8) is 0 Å². The number of ether oxygens (including phenoxy) is 1. The molecule has 0 N–H and O–H groups in total. The molecule has 0 saturated carbocycles.